The van der Waals surface area contributed by atoms with Gasteiger partial charge in [0, 0.05) is 24.8 Å². The minimum Gasteiger partial charge on any atom is -0.381 e. The van der Waals surface area contributed by atoms with E-state index < -0.39 is 0 Å². The lowest BCUT2D eigenvalue weighted by molar-refractivity contribution is -0.114. The first-order valence-corrected chi connectivity index (χ1v) is 6.83. The van der Waals surface area contributed by atoms with Crippen molar-refractivity contribution in [3.05, 3.63) is 58.9 Å². The van der Waals surface area contributed by atoms with Crippen LogP contribution in [-0.2, 0) is 11.3 Å². The molecule has 1 amide bonds. The molecule has 0 aliphatic heterocycles. The van der Waals surface area contributed by atoms with Crippen LogP contribution in [0.3, 0.4) is 0 Å². The topological polar surface area (TPSA) is 41.1 Å². The maximum absolute atomic E-state index is 13.2. The van der Waals surface area contributed by atoms with E-state index >= 15 is 0 Å². The van der Waals surface area contributed by atoms with Crippen LogP contribution >= 0.6 is 0 Å². The SMILES string of the molecule is CC(=O)Nc1ccc(NCc2cc(F)ccc2C)cc1C. The molecule has 2 N–H and O–H groups in total. The molecule has 2 aromatic rings. The maximum Gasteiger partial charge on any atom is 0.221 e. The Morgan fingerprint density at radius 3 is 2.52 bits per heavy atom. The average molecular weight is 286 g/mol. The zero-order valence-electron chi connectivity index (χ0n) is 12.5. The summed E-state index contributed by atoms with van der Waals surface area (Å²) in [5, 5.41) is 6.05. The van der Waals surface area contributed by atoms with Crippen molar-refractivity contribution >= 4 is 17.3 Å². The largest absolute Gasteiger partial charge is 0.381 e. The molecule has 0 aliphatic carbocycles. The molecular weight excluding hydrogens is 267 g/mol. The van der Waals surface area contributed by atoms with Crippen molar-refractivity contribution in [2.75, 3.05) is 10.6 Å². The van der Waals surface area contributed by atoms with Crippen LogP contribution in [0.1, 0.15) is 23.6 Å². The summed E-state index contributed by atoms with van der Waals surface area (Å²) in [6.45, 7) is 5.94. The van der Waals surface area contributed by atoms with Gasteiger partial charge < -0.3 is 10.6 Å². The fourth-order valence-corrected chi connectivity index (χ4v) is 2.13. The van der Waals surface area contributed by atoms with Gasteiger partial charge in [-0.1, -0.05) is 6.07 Å². The highest BCUT2D eigenvalue weighted by Crippen LogP contribution is 2.21. The molecule has 0 atom stereocenters. The van der Waals surface area contributed by atoms with E-state index in [9.17, 15) is 9.18 Å². The van der Waals surface area contributed by atoms with E-state index in [0.717, 1.165) is 28.1 Å². The second kappa shape index (κ2) is 6.39. The summed E-state index contributed by atoms with van der Waals surface area (Å²) in [7, 11) is 0. The van der Waals surface area contributed by atoms with Gasteiger partial charge in [0.15, 0.2) is 0 Å². The Morgan fingerprint density at radius 2 is 1.86 bits per heavy atom. The Morgan fingerprint density at radius 1 is 1.10 bits per heavy atom. The number of carbonyl (C=O) groups excluding carboxylic acids is 1. The van der Waals surface area contributed by atoms with E-state index in [4.69, 9.17) is 0 Å². The lowest BCUT2D eigenvalue weighted by Gasteiger charge is -2.12. The van der Waals surface area contributed by atoms with Crippen molar-refractivity contribution in [3.8, 4) is 0 Å². The Labute approximate surface area is 124 Å². The van der Waals surface area contributed by atoms with Gasteiger partial charge >= 0.3 is 0 Å². The third-order valence-electron chi connectivity index (χ3n) is 3.33. The molecule has 0 bridgehead atoms. The average Bonchev–Trinajstić information content (AvgIpc) is 2.42. The molecule has 0 aliphatic rings. The summed E-state index contributed by atoms with van der Waals surface area (Å²) in [6, 6.07) is 10.5. The summed E-state index contributed by atoms with van der Waals surface area (Å²) in [6.07, 6.45) is 0. The van der Waals surface area contributed by atoms with Crippen LogP contribution in [0.5, 0.6) is 0 Å². The second-order valence-electron chi connectivity index (χ2n) is 5.14. The Kier molecular flexibility index (Phi) is 4.58. The quantitative estimate of drug-likeness (QED) is 0.891. The standard InChI is InChI=1S/C17H19FN2O/c1-11-4-5-15(18)9-14(11)10-19-16-6-7-17(12(2)8-16)20-13(3)21/h4-9,19H,10H2,1-3H3,(H,20,21). The number of carbonyl (C=O) groups is 1. The third kappa shape index (κ3) is 4.05. The normalized spacial score (nSPS) is 10.3. The van der Waals surface area contributed by atoms with E-state index in [-0.39, 0.29) is 11.7 Å². The van der Waals surface area contributed by atoms with E-state index in [1.54, 1.807) is 12.1 Å². The molecule has 0 fully saturated rings. The monoisotopic (exact) mass is 286 g/mol. The maximum atomic E-state index is 13.2. The van der Waals surface area contributed by atoms with Crippen LogP contribution in [0.4, 0.5) is 15.8 Å². The van der Waals surface area contributed by atoms with Crippen molar-refractivity contribution < 1.29 is 9.18 Å². The Hall–Kier alpha value is -2.36. The molecular formula is C17H19FN2O. The number of amides is 1. The number of hydrogen-bond donors (Lipinski definition) is 2. The highest BCUT2D eigenvalue weighted by Gasteiger charge is 2.03. The van der Waals surface area contributed by atoms with Gasteiger partial charge in [-0.15, -0.1) is 0 Å². The van der Waals surface area contributed by atoms with Crippen LogP contribution in [0, 0.1) is 19.7 Å². The fraction of sp³-hybridized carbons (Fsp3) is 0.235. The van der Waals surface area contributed by atoms with Gasteiger partial charge in [0.2, 0.25) is 5.91 Å². The molecule has 2 rings (SSSR count). The van der Waals surface area contributed by atoms with Gasteiger partial charge in [0.25, 0.3) is 0 Å². The number of aryl methyl sites for hydroxylation is 2. The zero-order valence-corrected chi connectivity index (χ0v) is 12.5. The van der Waals surface area contributed by atoms with Gasteiger partial charge in [0.05, 0.1) is 0 Å². The highest BCUT2D eigenvalue weighted by atomic mass is 19.1. The molecule has 0 saturated heterocycles. The zero-order chi connectivity index (χ0) is 15.4. The summed E-state index contributed by atoms with van der Waals surface area (Å²) in [5.41, 5.74) is 4.69. The first-order valence-electron chi connectivity index (χ1n) is 6.83. The van der Waals surface area contributed by atoms with Gasteiger partial charge in [-0.3, -0.25) is 4.79 Å². The van der Waals surface area contributed by atoms with E-state index in [0.29, 0.717) is 6.54 Å². The first kappa shape index (κ1) is 15.0. The second-order valence-corrected chi connectivity index (χ2v) is 5.14. The third-order valence-corrected chi connectivity index (χ3v) is 3.33. The van der Waals surface area contributed by atoms with Crippen LogP contribution in [0.25, 0.3) is 0 Å². The van der Waals surface area contributed by atoms with Crippen LogP contribution in [0.2, 0.25) is 0 Å². The number of halogens is 1. The Bertz CT molecular complexity index is 668. The van der Waals surface area contributed by atoms with E-state index in [2.05, 4.69) is 10.6 Å². The molecule has 0 heterocycles. The number of anilines is 2. The summed E-state index contributed by atoms with van der Waals surface area (Å²) in [5.74, 6) is -0.316. The molecule has 0 aromatic heterocycles. The van der Waals surface area contributed by atoms with Gasteiger partial charge in [-0.2, -0.15) is 0 Å². The van der Waals surface area contributed by atoms with Crippen molar-refractivity contribution in [1.29, 1.82) is 0 Å². The van der Waals surface area contributed by atoms with Crippen LogP contribution in [0.15, 0.2) is 36.4 Å². The lowest BCUT2D eigenvalue weighted by atomic mass is 10.1. The van der Waals surface area contributed by atoms with Crippen LogP contribution in [-0.4, -0.2) is 5.91 Å². The van der Waals surface area contributed by atoms with Crippen molar-refractivity contribution in [2.24, 2.45) is 0 Å². The number of rotatable bonds is 4. The first-order chi connectivity index (χ1) is 9.95. The number of benzene rings is 2. The highest BCUT2D eigenvalue weighted by molar-refractivity contribution is 5.89. The van der Waals surface area contributed by atoms with E-state index in [1.165, 1.54) is 13.0 Å². The molecule has 0 radical (unpaired) electrons. The van der Waals surface area contributed by atoms with Gasteiger partial charge in [0.1, 0.15) is 5.82 Å². The summed E-state index contributed by atoms with van der Waals surface area (Å²) < 4.78 is 13.2. The fourth-order valence-electron chi connectivity index (χ4n) is 2.13. The van der Waals surface area contributed by atoms with Crippen molar-refractivity contribution in [3.63, 3.8) is 0 Å². The predicted octanol–water partition coefficient (Wildman–Crippen LogP) is 4.01. The minimum atomic E-state index is -0.227. The molecule has 2 aromatic carbocycles. The number of hydrogen-bond acceptors (Lipinski definition) is 2. The molecule has 110 valence electrons. The van der Waals surface area contributed by atoms with E-state index in [1.807, 2.05) is 32.0 Å². The lowest BCUT2D eigenvalue weighted by Crippen LogP contribution is -2.07. The Balaban J connectivity index is 2.08. The molecule has 0 unspecified atom stereocenters. The van der Waals surface area contributed by atoms with Crippen molar-refractivity contribution in [2.45, 2.75) is 27.3 Å². The predicted molar refractivity (Wildman–Crippen MR) is 83.9 cm³/mol. The molecule has 0 spiro atoms. The summed E-state index contributed by atoms with van der Waals surface area (Å²) in [4.78, 5) is 11.1. The van der Waals surface area contributed by atoms with Gasteiger partial charge in [-0.25, -0.2) is 4.39 Å². The smallest absolute Gasteiger partial charge is 0.221 e. The van der Waals surface area contributed by atoms with Crippen LogP contribution < -0.4 is 10.6 Å². The summed E-state index contributed by atoms with van der Waals surface area (Å²) >= 11 is 0. The van der Waals surface area contributed by atoms with Crippen molar-refractivity contribution in [1.82, 2.24) is 0 Å². The molecule has 21 heavy (non-hydrogen) atoms. The number of nitrogens with one attached hydrogen (secondary N) is 2. The minimum absolute atomic E-state index is 0.0887. The molecule has 0 saturated carbocycles. The molecule has 4 heteroatoms. The van der Waals surface area contributed by atoms with Gasteiger partial charge in [-0.05, 0) is 60.9 Å². The molecule has 3 nitrogen and oxygen atoms in total.